The smallest absolute Gasteiger partial charge is 0.352 e. The second-order valence-electron chi connectivity index (χ2n) is 3.32. The summed E-state index contributed by atoms with van der Waals surface area (Å²) in [7, 11) is 0. The SMILES string of the molecule is CCOC(=O)c1sc(Br)c2c1OCC(CO)O2. The van der Waals surface area contributed by atoms with Gasteiger partial charge in [-0.2, -0.15) is 0 Å². The van der Waals surface area contributed by atoms with Crippen LogP contribution in [0.15, 0.2) is 3.79 Å². The topological polar surface area (TPSA) is 65.0 Å². The molecule has 0 bridgehead atoms. The average molecular weight is 323 g/mol. The number of fused-ring (bicyclic) bond motifs is 1. The van der Waals surface area contributed by atoms with E-state index in [1.807, 2.05) is 0 Å². The van der Waals surface area contributed by atoms with E-state index in [0.717, 1.165) is 0 Å². The summed E-state index contributed by atoms with van der Waals surface area (Å²) in [5.74, 6) is 0.430. The fourth-order valence-corrected chi connectivity index (χ4v) is 2.96. The first-order chi connectivity index (χ1) is 8.17. The standard InChI is InChI=1S/C10H11BrO5S/c1-2-14-10(13)8-6-7(9(11)17-8)16-5(3-12)4-15-6/h5,12H,2-4H2,1H3. The highest BCUT2D eigenvalue weighted by atomic mass is 79.9. The maximum absolute atomic E-state index is 11.7. The van der Waals surface area contributed by atoms with Crippen LogP contribution in [0.3, 0.4) is 0 Å². The van der Waals surface area contributed by atoms with E-state index in [4.69, 9.17) is 19.3 Å². The average Bonchev–Trinajstić information content (AvgIpc) is 2.67. The van der Waals surface area contributed by atoms with Gasteiger partial charge >= 0.3 is 5.97 Å². The minimum Gasteiger partial charge on any atom is -0.484 e. The number of hydrogen-bond acceptors (Lipinski definition) is 6. The van der Waals surface area contributed by atoms with E-state index in [0.29, 0.717) is 26.8 Å². The van der Waals surface area contributed by atoms with Gasteiger partial charge in [0.05, 0.1) is 13.2 Å². The molecule has 1 aromatic heterocycles. The Balaban J connectivity index is 2.30. The molecule has 1 atom stereocenters. The lowest BCUT2D eigenvalue weighted by Crippen LogP contribution is -2.32. The van der Waals surface area contributed by atoms with Crippen molar-refractivity contribution in [3.8, 4) is 11.5 Å². The Labute approximate surface area is 110 Å². The van der Waals surface area contributed by atoms with Gasteiger partial charge < -0.3 is 19.3 Å². The summed E-state index contributed by atoms with van der Waals surface area (Å²) in [5.41, 5.74) is 0. The predicted molar refractivity (Wildman–Crippen MR) is 65.0 cm³/mol. The van der Waals surface area contributed by atoms with Gasteiger partial charge in [-0.3, -0.25) is 0 Å². The molecule has 0 saturated carbocycles. The maximum Gasteiger partial charge on any atom is 0.352 e. The van der Waals surface area contributed by atoms with Crippen LogP contribution >= 0.6 is 27.3 Å². The number of carbonyl (C=O) groups excluding carboxylic acids is 1. The fraction of sp³-hybridized carbons (Fsp3) is 0.500. The molecule has 0 aliphatic carbocycles. The zero-order chi connectivity index (χ0) is 12.4. The lowest BCUT2D eigenvalue weighted by atomic mass is 10.3. The van der Waals surface area contributed by atoms with Crippen LogP contribution in [-0.2, 0) is 4.74 Å². The molecule has 7 heteroatoms. The van der Waals surface area contributed by atoms with Gasteiger partial charge in [0, 0.05) is 0 Å². The van der Waals surface area contributed by atoms with Crippen molar-refractivity contribution in [2.75, 3.05) is 19.8 Å². The molecule has 0 radical (unpaired) electrons. The van der Waals surface area contributed by atoms with E-state index in [-0.39, 0.29) is 13.2 Å². The third-order valence-electron chi connectivity index (χ3n) is 2.15. The number of hydrogen-bond donors (Lipinski definition) is 1. The monoisotopic (exact) mass is 322 g/mol. The third-order valence-corrected chi connectivity index (χ3v) is 3.91. The minimum atomic E-state index is -0.425. The molecule has 2 heterocycles. The summed E-state index contributed by atoms with van der Waals surface area (Å²) >= 11 is 4.50. The fourth-order valence-electron chi connectivity index (χ4n) is 1.40. The summed E-state index contributed by atoms with van der Waals surface area (Å²) in [5, 5.41) is 9.00. The summed E-state index contributed by atoms with van der Waals surface area (Å²) in [6.45, 7) is 2.14. The third kappa shape index (κ3) is 2.41. The molecule has 17 heavy (non-hydrogen) atoms. The van der Waals surface area contributed by atoms with Crippen LogP contribution < -0.4 is 9.47 Å². The molecular formula is C10H11BrO5S. The highest BCUT2D eigenvalue weighted by Gasteiger charge is 2.31. The number of esters is 1. The van der Waals surface area contributed by atoms with Gasteiger partial charge in [0.25, 0.3) is 0 Å². The van der Waals surface area contributed by atoms with E-state index >= 15 is 0 Å². The van der Waals surface area contributed by atoms with Crippen molar-refractivity contribution in [2.24, 2.45) is 0 Å². The lowest BCUT2D eigenvalue weighted by molar-refractivity contribution is 0.0413. The second-order valence-corrected chi connectivity index (χ2v) is 5.66. The van der Waals surface area contributed by atoms with Crippen LogP contribution in [0.1, 0.15) is 16.6 Å². The minimum absolute atomic E-state index is 0.129. The van der Waals surface area contributed by atoms with Gasteiger partial charge in [-0.25, -0.2) is 4.79 Å². The first-order valence-electron chi connectivity index (χ1n) is 5.07. The van der Waals surface area contributed by atoms with Crippen molar-refractivity contribution in [1.82, 2.24) is 0 Å². The zero-order valence-corrected chi connectivity index (χ0v) is 11.5. The molecule has 1 aliphatic rings. The molecule has 1 aliphatic heterocycles. The van der Waals surface area contributed by atoms with E-state index in [1.54, 1.807) is 6.92 Å². The molecule has 0 spiro atoms. The second kappa shape index (κ2) is 5.24. The van der Waals surface area contributed by atoms with Crippen molar-refractivity contribution in [1.29, 1.82) is 0 Å². The molecule has 0 amide bonds. The van der Waals surface area contributed by atoms with Gasteiger partial charge in [-0.15, -0.1) is 11.3 Å². The Morgan fingerprint density at radius 1 is 1.65 bits per heavy atom. The number of ether oxygens (including phenoxy) is 3. The Morgan fingerprint density at radius 3 is 3.06 bits per heavy atom. The molecule has 0 fully saturated rings. The van der Waals surface area contributed by atoms with Gasteiger partial charge in [-0.1, -0.05) is 0 Å². The Morgan fingerprint density at radius 2 is 2.41 bits per heavy atom. The molecule has 1 unspecified atom stereocenters. The molecule has 1 aromatic rings. The highest BCUT2D eigenvalue weighted by Crippen LogP contribution is 2.48. The lowest BCUT2D eigenvalue weighted by Gasteiger charge is -2.23. The number of thiophene rings is 1. The number of aliphatic hydroxyl groups excluding tert-OH is 1. The van der Waals surface area contributed by atoms with Crippen LogP contribution in [-0.4, -0.2) is 37.0 Å². The van der Waals surface area contributed by atoms with E-state index in [2.05, 4.69) is 15.9 Å². The highest BCUT2D eigenvalue weighted by molar-refractivity contribution is 9.11. The summed E-state index contributed by atoms with van der Waals surface area (Å²) in [6.07, 6.45) is -0.400. The molecule has 2 rings (SSSR count). The Bertz CT molecular complexity index is 431. The van der Waals surface area contributed by atoms with Crippen molar-refractivity contribution in [2.45, 2.75) is 13.0 Å². The predicted octanol–water partition coefficient (Wildman–Crippen LogP) is 1.82. The summed E-state index contributed by atoms with van der Waals surface area (Å²) in [4.78, 5) is 12.0. The zero-order valence-electron chi connectivity index (χ0n) is 9.07. The Kier molecular flexibility index (Phi) is 3.90. The number of rotatable bonds is 3. The number of carbonyl (C=O) groups is 1. The van der Waals surface area contributed by atoms with E-state index in [1.165, 1.54) is 11.3 Å². The van der Waals surface area contributed by atoms with Crippen LogP contribution in [0, 0.1) is 0 Å². The largest absolute Gasteiger partial charge is 0.484 e. The molecule has 5 nitrogen and oxygen atoms in total. The first-order valence-corrected chi connectivity index (χ1v) is 6.68. The van der Waals surface area contributed by atoms with Crippen LogP contribution in [0.4, 0.5) is 0 Å². The van der Waals surface area contributed by atoms with Crippen molar-refractivity contribution in [3.05, 3.63) is 8.66 Å². The van der Waals surface area contributed by atoms with Gasteiger partial charge in [0.2, 0.25) is 0 Å². The van der Waals surface area contributed by atoms with Crippen molar-refractivity contribution >= 4 is 33.2 Å². The molecule has 94 valence electrons. The first kappa shape index (κ1) is 12.7. The van der Waals surface area contributed by atoms with E-state index < -0.39 is 12.1 Å². The normalized spacial score (nSPS) is 17.9. The maximum atomic E-state index is 11.7. The Hall–Kier alpha value is -0.790. The molecule has 1 N–H and O–H groups in total. The van der Waals surface area contributed by atoms with Gasteiger partial charge in [-0.05, 0) is 22.9 Å². The molecule has 0 aromatic carbocycles. The van der Waals surface area contributed by atoms with E-state index in [9.17, 15) is 4.79 Å². The van der Waals surface area contributed by atoms with Gasteiger partial charge in [0.1, 0.15) is 10.4 Å². The quantitative estimate of drug-likeness (QED) is 0.860. The molecule has 0 saturated heterocycles. The number of aliphatic hydroxyl groups is 1. The summed E-state index contributed by atoms with van der Waals surface area (Å²) in [6, 6.07) is 0. The van der Waals surface area contributed by atoms with Crippen LogP contribution in [0.2, 0.25) is 0 Å². The molecular weight excluding hydrogens is 312 g/mol. The van der Waals surface area contributed by atoms with Crippen molar-refractivity contribution in [3.63, 3.8) is 0 Å². The summed E-state index contributed by atoms with van der Waals surface area (Å²) < 4.78 is 16.5. The van der Waals surface area contributed by atoms with Crippen molar-refractivity contribution < 1.29 is 24.1 Å². The van der Waals surface area contributed by atoms with Crippen LogP contribution in [0.5, 0.6) is 11.5 Å². The van der Waals surface area contributed by atoms with Gasteiger partial charge in [0.15, 0.2) is 22.5 Å². The van der Waals surface area contributed by atoms with Crippen LogP contribution in [0.25, 0.3) is 0 Å². The number of halogens is 1.